The number of aliphatic hydroxyl groups is 3. The highest BCUT2D eigenvalue weighted by molar-refractivity contribution is 6.01. The van der Waals surface area contributed by atoms with Crippen molar-refractivity contribution in [1.82, 2.24) is 0 Å². The smallest absolute Gasteiger partial charge is 0.338 e. The molecule has 0 saturated heterocycles. The maximum atomic E-state index is 13.8. The van der Waals surface area contributed by atoms with Crippen LogP contribution in [0.5, 0.6) is 23.0 Å². The fraction of sp³-hybridized carbons (Fsp3) is 0.242. The number of hydrogen-bond donors (Lipinski definition) is 8. The Morgan fingerprint density at radius 2 is 1.29 bits per heavy atom. The summed E-state index contributed by atoms with van der Waals surface area (Å²) in [7, 11) is 0. The summed E-state index contributed by atoms with van der Waals surface area (Å²) in [6.45, 7) is 0. The van der Waals surface area contributed by atoms with Crippen molar-refractivity contribution in [3.8, 4) is 23.0 Å². The molecule has 0 radical (unpaired) electrons. The molecule has 0 aliphatic heterocycles. The maximum Gasteiger partial charge on any atom is 0.338 e. The Morgan fingerprint density at radius 3 is 1.77 bits per heavy atom. The highest BCUT2D eigenvalue weighted by atomic mass is 16.6. The summed E-state index contributed by atoms with van der Waals surface area (Å²) in [5.41, 5.74) is -4.78. The van der Waals surface area contributed by atoms with Gasteiger partial charge in [-0.1, -0.05) is 12.1 Å². The number of allylic oxidation sites excluding steroid dienone is 2. The fourth-order valence-corrected chi connectivity index (χ4v) is 5.15. The number of carboxylic acids is 1. The largest absolute Gasteiger partial charge is 0.504 e. The minimum absolute atomic E-state index is 0.189. The first-order valence-corrected chi connectivity index (χ1v) is 14.1. The van der Waals surface area contributed by atoms with E-state index in [1.54, 1.807) is 0 Å². The lowest BCUT2D eigenvalue weighted by atomic mass is 9.69. The first-order chi connectivity index (χ1) is 22.5. The van der Waals surface area contributed by atoms with Crippen LogP contribution in [0.15, 0.2) is 72.9 Å². The van der Waals surface area contributed by atoms with E-state index in [1.165, 1.54) is 12.1 Å². The Bertz CT molecular complexity index is 1740. The van der Waals surface area contributed by atoms with Gasteiger partial charge in [-0.15, -0.1) is 0 Å². The van der Waals surface area contributed by atoms with Gasteiger partial charge in [-0.25, -0.2) is 14.4 Å². The van der Waals surface area contributed by atoms with E-state index in [0.717, 1.165) is 72.9 Å². The molecule has 15 heteroatoms. The number of aliphatic carboxylic acids is 1. The molecule has 0 unspecified atom stereocenters. The molecule has 2 aliphatic rings. The third-order valence-corrected chi connectivity index (χ3v) is 7.68. The van der Waals surface area contributed by atoms with Gasteiger partial charge < -0.3 is 50.3 Å². The lowest BCUT2D eigenvalue weighted by Crippen LogP contribution is -2.66. The van der Waals surface area contributed by atoms with Gasteiger partial charge in [0.2, 0.25) is 0 Å². The van der Waals surface area contributed by atoms with Crippen LogP contribution in [0.1, 0.15) is 24.0 Å². The summed E-state index contributed by atoms with van der Waals surface area (Å²) in [6, 6.07) is 7.08. The molecule has 2 aromatic rings. The lowest BCUT2D eigenvalue weighted by Gasteiger charge is -2.45. The molecule has 48 heavy (non-hydrogen) atoms. The molecular formula is C33H30O15. The molecule has 0 bridgehead atoms. The summed E-state index contributed by atoms with van der Waals surface area (Å²) in [6.07, 6.45) is -0.615. The van der Waals surface area contributed by atoms with Gasteiger partial charge in [0.15, 0.2) is 34.4 Å². The van der Waals surface area contributed by atoms with Crippen LogP contribution in [0.3, 0.4) is 0 Å². The zero-order chi connectivity index (χ0) is 35.4. The maximum absolute atomic E-state index is 13.8. The van der Waals surface area contributed by atoms with E-state index in [1.807, 2.05) is 0 Å². The second-order valence-electron chi connectivity index (χ2n) is 11.1. The van der Waals surface area contributed by atoms with Gasteiger partial charge >= 0.3 is 17.9 Å². The first kappa shape index (κ1) is 35.1. The highest BCUT2D eigenvalue weighted by Gasteiger charge is 2.61. The SMILES string of the molecule is O=C1C=CC(O)(CC(=O)[C@@H]2[C@H](OC(=O)/C=C/c3ccc(O)c(O)c3)[C@H](O)[C@@](O)(C(=O)O)C[C@H]2OC(=O)/C=C/c2ccc(O)c(O)c2)C=C1. The molecule has 2 aromatic carbocycles. The average molecular weight is 667 g/mol. The molecule has 2 aliphatic carbocycles. The van der Waals surface area contributed by atoms with Crippen molar-refractivity contribution >= 4 is 41.6 Å². The monoisotopic (exact) mass is 666 g/mol. The van der Waals surface area contributed by atoms with E-state index in [9.17, 15) is 64.8 Å². The summed E-state index contributed by atoms with van der Waals surface area (Å²) in [5.74, 6) is -9.79. The molecule has 15 nitrogen and oxygen atoms in total. The van der Waals surface area contributed by atoms with E-state index >= 15 is 0 Å². The van der Waals surface area contributed by atoms with Gasteiger partial charge in [-0.2, -0.15) is 0 Å². The van der Waals surface area contributed by atoms with Crippen LogP contribution >= 0.6 is 0 Å². The molecule has 1 fully saturated rings. The number of benzene rings is 2. The number of rotatable bonds is 10. The normalized spacial score (nSPS) is 24.9. The molecule has 8 N–H and O–H groups in total. The van der Waals surface area contributed by atoms with Gasteiger partial charge in [-0.3, -0.25) is 9.59 Å². The van der Waals surface area contributed by atoms with Crippen molar-refractivity contribution in [3.63, 3.8) is 0 Å². The molecule has 0 spiro atoms. The number of ketones is 2. The third kappa shape index (κ3) is 7.95. The van der Waals surface area contributed by atoms with Crippen LogP contribution in [0.4, 0.5) is 0 Å². The molecule has 252 valence electrons. The van der Waals surface area contributed by atoms with Crippen LogP contribution in [0.25, 0.3) is 12.2 Å². The van der Waals surface area contributed by atoms with Gasteiger partial charge in [0.1, 0.15) is 29.7 Å². The minimum atomic E-state index is -3.13. The number of aliphatic hydroxyl groups excluding tert-OH is 1. The summed E-state index contributed by atoms with van der Waals surface area (Å²) in [5, 5.41) is 81.2. The molecule has 0 amide bonds. The number of Topliss-reactive ketones (excluding diaryl/α,β-unsaturated/α-hetero) is 1. The second kappa shape index (κ2) is 13.9. The van der Waals surface area contributed by atoms with Gasteiger partial charge in [-0.05, 0) is 71.8 Å². The third-order valence-electron chi connectivity index (χ3n) is 7.68. The van der Waals surface area contributed by atoms with E-state index in [0.29, 0.717) is 0 Å². The predicted molar refractivity (Wildman–Crippen MR) is 162 cm³/mol. The zero-order valence-electron chi connectivity index (χ0n) is 24.7. The number of phenolic OH excluding ortho intramolecular Hbond substituents is 4. The highest BCUT2D eigenvalue weighted by Crippen LogP contribution is 2.39. The number of esters is 2. The molecular weight excluding hydrogens is 636 g/mol. The van der Waals surface area contributed by atoms with Crippen LogP contribution < -0.4 is 0 Å². The van der Waals surface area contributed by atoms with Crippen LogP contribution in [0.2, 0.25) is 0 Å². The Kier molecular flexibility index (Phi) is 10.2. The molecule has 5 atom stereocenters. The van der Waals surface area contributed by atoms with Crippen molar-refractivity contribution in [2.45, 2.75) is 42.4 Å². The van der Waals surface area contributed by atoms with E-state index in [2.05, 4.69) is 0 Å². The summed E-state index contributed by atoms with van der Waals surface area (Å²) >= 11 is 0. The Labute approximate surface area is 271 Å². The number of carbonyl (C=O) groups is 5. The second-order valence-corrected chi connectivity index (χ2v) is 11.1. The van der Waals surface area contributed by atoms with Crippen LogP contribution in [0, 0.1) is 5.92 Å². The molecule has 0 heterocycles. The number of ether oxygens (including phenoxy) is 2. The van der Waals surface area contributed by atoms with Crippen molar-refractivity contribution in [3.05, 3.63) is 84.0 Å². The molecule has 0 aromatic heterocycles. The van der Waals surface area contributed by atoms with Crippen LogP contribution in [-0.2, 0) is 33.4 Å². The Morgan fingerprint density at radius 1 is 0.792 bits per heavy atom. The fourth-order valence-electron chi connectivity index (χ4n) is 5.15. The Hall–Kier alpha value is -5.77. The lowest BCUT2D eigenvalue weighted by molar-refractivity contribution is -0.225. The number of carbonyl (C=O) groups excluding carboxylic acids is 4. The topological polar surface area (TPSA) is 266 Å². The van der Waals surface area contributed by atoms with E-state index in [-0.39, 0.29) is 11.1 Å². The van der Waals surface area contributed by atoms with Gasteiger partial charge in [0, 0.05) is 25.0 Å². The first-order valence-electron chi connectivity index (χ1n) is 14.1. The Balaban J connectivity index is 1.69. The van der Waals surface area contributed by atoms with Crippen molar-refractivity contribution in [2.24, 2.45) is 5.92 Å². The number of aromatic hydroxyl groups is 4. The van der Waals surface area contributed by atoms with Crippen molar-refractivity contribution in [2.75, 3.05) is 0 Å². The average Bonchev–Trinajstić information content (AvgIpc) is 3.02. The van der Waals surface area contributed by atoms with Gasteiger partial charge in [0.25, 0.3) is 0 Å². The molecule has 4 rings (SSSR count). The number of phenols is 4. The van der Waals surface area contributed by atoms with E-state index in [4.69, 9.17) is 9.47 Å². The predicted octanol–water partition coefficient (Wildman–Crippen LogP) is 0.641. The van der Waals surface area contributed by atoms with Gasteiger partial charge in [0.05, 0.1) is 5.92 Å². The minimum Gasteiger partial charge on any atom is -0.504 e. The van der Waals surface area contributed by atoms with Crippen molar-refractivity contribution < 1.29 is 74.3 Å². The quantitative estimate of drug-likeness (QED) is 0.0982. The van der Waals surface area contributed by atoms with Crippen LogP contribution in [-0.4, -0.2) is 99.8 Å². The van der Waals surface area contributed by atoms with E-state index < -0.39 is 101 Å². The zero-order valence-corrected chi connectivity index (χ0v) is 24.7. The number of carboxylic acid groups (broad SMARTS) is 1. The molecule has 1 saturated carbocycles. The standard InChI is InChI=1S/C33H30O15/c34-19-9-11-32(45,12-10-19)15-24(39)28-25(47-26(40)7-3-17-1-5-20(35)22(37)13-17)16-33(46,31(43)44)30(42)29(28)48-27(41)8-4-18-2-6-21(36)23(38)14-18/h1-14,25,28-30,35-38,42,45-46H,15-16H2,(H,43,44)/b7-3+,8-4+/t25-,28+,29+,30+,33-/m1/s1. The summed E-state index contributed by atoms with van der Waals surface area (Å²) < 4.78 is 10.7. The summed E-state index contributed by atoms with van der Waals surface area (Å²) in [4.78, 5) is 63.4. The van der Waals surface area contributed by atoms with Crippen molar-refractivity contribution in [1.29, 1.82) is 0 Å². The number of hydrogen-bond acceptors (Lipinski definition) is 14.